The van der Waals surface area contributed by atoms with Crippen molar-refractivity contribution < 1.29 is 19.7 Å². The molecule has 12 heteroatoms. The second kappa shape index (κ2) is 11.4. The monoisotopic (exact) mass is 528 g/mol. The predicted octanol–water partition coefficient (Wildman–Crippen LogP) is 1.54. The quantitative estimate of drug-likeness (QED) is 0.342. The van der Waals surface area contributed by atoms with Crippen molar-refractivity contribution in [3.63, 3.8) is 0 Å². The normalized spacial score (nSPS) is 25.8. The molecular weight excluding hydrogens is 488 g/mol. The lowest BCUT2D eigenvalue weighted by molar-refractivity contribution is -0.0465. The van der Waals surface area contributed by atoms with Gasteiger partial charge in [0.05, 0.1) is 6.33 Å². The Labute approximate surface area is 223 Å². The fourth-order valence-electron chi connectivity index (χ4n) is 4.80. The number of hydrogen-bond donors (Lipinski definition) is 5. The molecule has 208 valence electrons. The Hall–Kier alpha value is -3.06. The van der Waals surface area contributed by atoms with Crippen molar-refractivity contribution in [3.8, 4) is 0 Å². The van der Waals surface area contributed by atoms with Gasteiger partial charge < -0.3 is 31.3 Å². The molecule has 6 N–H and O–H groups in total. The maximum atomic E-state index is 12.4. The third-order valence-electron chi connectivity index (χ3n) is 7.30. The number of nitrogens with one attached hydrogen (secondary N) is 2. The third kappa shape index (κ3) is 6.15. The summed E-state index contributed by atoms with van der Waals surface area (Å²) < 4.78 is 7.65. The lowest BCUT2D eigenvalue weighted by Gasteiger charge is -2.30. The largest absolute Gasteiger partial charge is 0.387 e. The summed E-state index contributed by atoms with van der Waals surface area (Å²) in [5.74, 6) is 0.673. The molecule has 1 saturated heterocycles. The molecule has 2 amide bonds. The van der Waals surface area contributed by atoms with Crippen LogP contribution in [-0.4, -0.2) is 84.7 Å². The van der Waals surface area contributed by atoms with Crippen molar-refractivity contribution in [2.24, 2.45) is 11.3 Å². The first-order valence-corrected chi connectivity index (χ1v) is 13.1. The van der Waals surface area contributed by atoms with Gasteiger partial charge in [-0.2, -0.15) is 0 Å². The van der Waals surface area contributed by atoms with E-state index in [1.165, 1.54) is 12.7 Å². The minimum atomic E-state index is -1.18. The molecular formula is C26H40N8O4. The van der Waals surface area contributed by atoms with Gasteiger partial charge in [0.25, 0.3) is 0 Å². The fourth-order valence-corrected chi connectivity index (χ4v) is 4.80. The molecule has 38 heavy (non-hydrogen) atoms. The highest BCUT2D eigenvalue weighted by atomic mass is 16.6. The van der Waals surface area contributed by atoms with Gasteiger partial charge in [0.15, 0.2) is 17.7 Å². The molecule has 2 aromatic heterocycles. The first kappa shape index (κ1) is 28.0. The van der Waals surface area contributed by atoms with Crippen molar-refractivity contribution in [2.45, 2.75) is 71.6 Å². The van der Waals surface area contributed by atoms with Gasteiger partial charge in [-0.25, -0.2) is 19.7 Å². The number of imidazole rings is 1. The predicted molar refractivity (Wildman–Crippen MR) is 144 cm³/mol. The number of aromatic nitrogens is 4. The van der Waals surface area contributed by atoms with Crippen LogP contribution in [0.4, 0.5) is 10.6 Å². The Kier molecular flexibility index (Phi) is 8.36. The molecule has 1 aliphatic heterocycles. The Morgan fingerprint density at radius 3 is 2.68 bits per heavy atom. The lowest BCUT2D eigenvalue weighted by atomic mass is 9.77. The van der Waals surface area contributed by atoms with Crippen molar-refractivity contribution in [1.29, 1.82) is 0 Å². The number of hydrogen-bond acceptors (Lipinski definition) is 9. The number of carbonyl (C=O) groups excluding carboxylic acids is 1. The second-order valence-electron chi connectivity index (χ2n) is 11.3. The van der Waals surface area contributed by atoms with Crippen LogP contribution in [0, 0.1) is 11.3 Å². The molecule has 5 atom stereocenters. The van der Waals surface area contributed by atoms with E-state index in [1.807, 2.05) is 19.9 Å². The third-order valence-corrected chi connectivity index (χ3v) is 7.30. The van der Waals surface area contributed by atoms with Gasteiger partial charge in [0.2, 0.25) is 0 Å². The number of urea groups is 1. The van der Waals surface area contributed by atoms with Crippen LogP contribution in [0.25, 0.3) is 11.2 Å². The van der Waals surface area contributed by atoms with Crippen LogP contribution in [-0.2, 0) is 4.74 Å². The van der Waals surface area contributed by atoms with Crippen molar-refractivity contribution in [2.75, 3.05) is 25.4 Å². The maximum Gasteiger partial charge on any atom is 0.319 e. The molecule has 1 fully saturated rings. The molecule has 2 aromatic rings. The molecule has 1 aliphatic carbocycles. The maximum absolute atomic E-state index is 12.4. The molecule has 0 saturated carbocycles. The lowest BCUT2D eigenvalue weighted by Crippen LogP contribution is -2.46. The number of allylic oxidation sites excluding steroid dienone is 3. The fraction of sp³-hybridized carbons (Fsp3) is 0.615. The van der Waals surface area contributed by atoms with Crippen LogP contribution in [0.2, 0.25) is 0 Å². The highest BCUT2D eigenvalue weighted by Gasteiger charge is 2.45. The topological polar surface area (TPSA) is 164 Å². The van der Waals surface area contributed by atoms with E-state index < -0.39 is 24.5 Å². The van der Waals surface area contributed by atoms with E-state index in [9.17, 15) is 15.0 Å². The molecule has 0 bridgehead atoms. The summed E-state index contributed by atoms with van der Waals surface area (Å²) in [6.45, 7) is 12.0. The standard InChI is InChI=1S/C26H40N8O4/c1-15(2)33(11-10-28-25(37)32-17-8-6-16(7-9-17)26(3,4)5)12-18-20(35)21(36)24(38-18)34-14-31-19-22(27)29-13-30-23(19)34/h6,8-9,13-16,18,20-21,24,35-36H,7,10-12H2,1-5H3,(H2,27,29,30)(H2,28,32,37)/t16?,18-,20-,21-,24-/m1/s1. The zero-order valence-corrected chi connectivity index (χ0v) is 22.7. The van der Waals surface area contributed by atoms with Crippen LogP contribution in [0.3, 0.4) is 0 Å². The number of fused-ring (bicyclic) bond motifs is 1. The first-order valence-electron chi connectivity index (χ1n) is 13.1. The van der Waals surface area contributed by atoms with Gasteiger partial charge in [-0.1, -0.05) is 32.9 Å². The van der Waals surface area contributed by atoms with Crippen LogP contribution in [0.5, 0.6) is 0 Å². The Balaban J connectivity index is 1.30. The summed E-state index contributed by atoms with van der Waals surface area (Å²) in [6.07, 6.45) is 6.03. The SMILES string of the molecule is CC(C)N(CCNC(=O)NC1=CCC(C(C)(C)C)C=C1)C[C@H]1O[C@@H](n2cnc3c(N)ncnc32)[C@H](O)[C@@H]1O. The number of nitrogens with two attached hydrogens (primary N) is 1. The smallest absolute Gasteiger partial charge is 0.319 e. The van der Waals surface area contributed by atoms with Crippen LogP contribution >= 0.6 is 0 Å². The van der Waals surface area contributed by atoms with Gasteiger partial charge >= 0.3 is 6.03 Å². The van der Waals surface area contributed by atoms with E-state index in [2.05, 4.69) is 63.4 Å². The highest BCUT2D eigenvalue weighted by molar-refractivity contribution is 5.81. The number of anilines is 1. The van der Waals surface area contributed by atoms with Crippen molar-refractivity contribution in [3.05, 3.63) is 36.6 Å². The molecule has 1 unspecified atom stereocenters. The summed E-state index contributed by atoms with van der Waals surface area (Å²) in [7, 11) is 0. The summed E-state index contributed by atoms with van der Waals surface area (Å²) >= 11 is 0. The number of amides is 2. The van der Waals surface area contributed by atoms with Gasteiger partial charge in [-0.3, -0.25) is 9.47 Å². The van der Waals surface area contributed by atoms with Gasteiger partial charge in [-0.05, 0) is 37.7 Å². The van der Waals surface area contributed by atoms with Crippen LogP contribution in [0.15, 0.2) is 36.6 Å². The van der Waals surface area contributed by atoms with E-state index in [1.54, 1.807) is 4.57 Å². The molecule has 12 nitrogen and oxygen atoms in total. The van der Waals surface area contributed by atoms with Crippen molar-refractivity contribution in [1.82, 2.24) is 35.1 Å². The number of nitrogens with zero attached hydrogens (tertiary/aromatic N) is 5. The van der Waals surface area contributed by atoms with E-state index >= 15 is 0 Å². The summed E-state index contributed by atoms with van der Waals surface area (Å²) in [4.78, 5) is 26.9. The molecule has 0 spiro atoms. The van der Waals surface area contributed by atoms with Gasteiger partial charge in [0.1, 0.15) is 30.2 Å². The number of carbonyl (C=O) groups is 1. The minimum Gasteiger partial charge on any atom is -0.387 e. The van der Waals surface area contributed by atoms with E-state index in [0.717, 1.165) is 12.1 Å². The average molecular weight is 529 g/mol. The zero-order chi connectivity index (χ0) is 27.6. The van der Waals surface area contributed by atoms with Crippen LogP contribution < -0.4 is 16.4 Å². The minimum absolute atomic E-state index is 0.117. The van der Waals surface area contributed by atoms with Crippen molar-refractivity contribution >= 4 is 23.0 Å². The van der Waals surface area contributed by atoms with Gasteiger partial charge in [0, 0.05) is 31.4 Å². The molecule has 0 aromatic carbocycles. The molecule has 2 aliphatic rings. The molecule has 0 radical (unpaired) electrons. The number of rotatable bonds is 8. The molecule has 4 rings (SSSR count). The summed E-state index contributed by atoms with van der Waals surface area (Å²) in [5.41, 5.74) is 7.67. The van der Waals surface area contributed by atoms with E-state index in [4.69, 9.17) is 10.5 Å². The first-order chi connectivity index (χ1) is 18.0. The number of ether oxygens (including phenoxy) is 1. The average Bonchev–Trinajstić information content (AvgIpc) is 3.40. The number of aliphatic hydroxyl groups excluding tert-OH is 2. The second-order valence-corrected chi connectivity index (χ2v) is 11.3. The molecule has 3 heterocycles. The van der Waals surface area contributed by atoms with E-state index in [-0.39, 0.29) is 23.3 Å². The Bertz CT molecular complexity index is 1190. The summed E-state index contributed by atoms with van der Waals surface area (Å²) in [5, 5.41) is 27.3. The van der Waals surface area contributed by atoms with E-state index in [0.29, 0.717) is 36.7 Å². The van der Waals surface area contributed by atoms with Crippen LogP contribution in [0.1, 0.15) is 47.3 Å². The number of aliphatic hydroxyl groups is 2. The van der Waals surface area contributed by atoms with Gasteiger partial charge in [-0.15, -0.1) is 0 Å². The zero-order valence-electron chi connectivity index (χ0n) is 22.7. The summed E-state index contributed by atoms with van der Waals surface area (Å²) in [6, 6.07) is -0.147. The number of nitrogen functional groups attached to an aromatic ring is 1. The Morgan fingerprint density at radius 2 is 2.03 bits per heavy atom. The highest BCUT2D eigenvalue weighted by Crippen LogP contribution is 2.33. The Morgan fingerprint density at radius 1 is 1.26 bits per heavy atom.